The van der Waals surface area contributed by atoms with Crippen LogP contribution in [0.5, 0.6) is 0 Å². The number of nitrogens with zero attached hydrogens (tertiary/aromatic N) is 3. The molecule has 2 heterocycles. The van der Waals surface area contributed by atoms with Gasteiger partial charge in [0.15, 0.2) is 0 Å². The molecule has 1 aliphatic rings. The molecule has 0 radical (unpaired) electrons. The van der Waals surface area contributed by atoms with Gasteiger partial charge in [-0.2, -0.15) is 5.10 Å². The number of hydrazone groups is 1. The largest absolute Gasteiger partial charge is 0.260 e. The molecule has 0 atom stereocenters. The smallest absolute Gasteiger partial charge is 0.0579 e. The molecule has 0 spiro atoms. The molecule has 1 aromatic heterocycles. The number of allylic oxidation sites excluding steroid dienone is 9. The first-order valence-corrected chi connectivity index (χ1v) is 9.77. The van der Waals surface area contributed by atoms with Gasteiger partial charge in [-0.1, -0.05) is 44.7 Å². The van der Waals surface area contributed by atoms with Gasteiger partial charge >= 0.3 is 0 Å². The minimum atomic E-state index is 0. The fourth-order valence-electron chi connectivity index (χ4n) is 3.16. The molecule has 0 aliphatic carbocycles. The SMILES string of the molecule is C.C=C1C=C(/C(=C/C)c2cc(C(/C=C\CC)=C(C)C)cnc2C)C=CN1/N=C\C. The van der Waals surface area contributed by atoms with E-state index in [4.69, 9.17) is 4.98 Å². The van der Waals surface area contributed by atoms with Crippen LogP contribution in [-0.4, -0.2) is 16.2 Å². The molecule has 1 aromatic rings. The molecule has 0 saturated heterocycles. The fourth-order valence-corrected chi connectivity index (χ4v) is 3.16. The maximum absolute atomic E-state index is 4.70. The highest BCUT2D eigenvalue weighted by Crippen LogP contribution is 2.32. The first-order chi connectivity index (χ1) is 13.4. The summed E-state index contributed by atoms with van der Waals surface area (Å²) in [5.74, 6) is 0. The normalized spacial score (nSPS) is 14.4. The van der Waals surface area contributed by atoms with E-state index in [2.05, 4.69) is 82.7 Å². The molecule has 0 fully saturated rings. The minimum absolute atomic E-state index is 0. The highest BCUT2D eigenvalue weighted by molar-refractivity contribution is 5.86. The van der Waals surface area contributed by atoms with Crippen molar-refractivity contribution in [2.24, 2.45) is 5.10 Å². The number of rotatable bonds is 6. The lowest BCUT2D eigenvalue weighted by Gasteiger charge is -2.21. The van der Waals surface area contributed by atoms with Gasteiger partial charge in [0.2, 0.25) is 0 Å². The molecule has 0 aromatic carbocycles. The van der Waals surface area contributed by atoms with Crippen molar-refractivity contribution in [3.63, 3.8) is 0 Å². The van der Waals surface area contributed by atoms with Crippen molar-refractivity contribution in [2.75, 3.05) is 0 Å². The van der Waals surface area contributed by atoms with Gasteiger partial charge in [0.05, 0.1) is 5.70 Å². The summed E-state index contributed by atoms with van der Waals surface area (Å²) >= 11 is 0. The summed E-state index contributed by atoms with van der Waals surface area (Å²) in [4.78, 5) is 4.70. The Kier molecular flexibility index (Phi) is 9.27. The van der Waals surface area contributed by atoms with Gasteiger partial charge in [0, 0.05) is 35.4 Å². The first-order valence-electron chi connectivity index (χ1n) is 9.77. The molecule has 0 N–H and O–H groups in total. The van der Waals surface area contributed by atoms with Crippen LogP contribution in [0.4, 0.5) is 0 Å². The average Bonchev–Trinajstić information content (AvgIpc) is 2.66. The summed E-state index contributed by atoms with van der Waals surface area (Å²) in [5, 5.41) is 6.06. The lowest BCUT2D eigenvalue weighted by Crippen LogP contribution is -2.11. The number of pyridine rings is 1. The predicted octanol–water partition coefficient (Wildman–Crippen LogP) is 7.46. The second-order valence-corrected chi connectivity index (χ2v) is 6.91. The van der Waals surface area contributed by atoms with Crippen LogP contribution in [0, 0.1) is 6.92 Å². The van der Waals surface area contributed by atoms with Crippen molar-refractivity contribution in [1.82, 2.24) is 9.99 Å². The maximum atomic E-state index is 4.70. The molecule has 2 rings (SSSR count). The molecule has 29 heavy (non-hydrogen) atoms. The van der Waals surface area contributed by atoms with E-state index in [1.54, 1.807) is 11.2 Å². The zero-order valence-corrected chi connectivity index (χ0v) is 18.0. The highest BCUT2D eigenvalue weighted by Gasteiger charge is 2.15. The van der Waals surface area contributed by atoms with E-state index in [1.807, 2.05) is 19.3 Å². The van der Waals surface area contributed by atoms with Gasteiger partial charge in [0.25, 0.3) is 0 Å². The van der Waals surface area contributed by atoms with E-state index in [0.29, 0.717) is 0 Å². The van der Waals surface area contributed by atoms with Crippen molar-refractivity contribution in [3.8, 4) is 0 Å². The molecule has 0 saturated carbocycles. The van der Waals surface area contributed by atoms with Crippen LogP contribution in [0.1, 0.15) is 65.3 Å². The molecule has 3 heteroatoms. The second kappa shape index (κ2) is 11.2. The number of aromatic nitrogens is 1. The molecule has 3 nitrogen and oxygen atoms in total. The molecular weight excluding hydrogens is 354 g/mol. The van der Waals surface area contributed by atoms with Crippen LogP contribution in [0.15, 0.2) is 77.4 Å². The van der Waals surface area contributed by atoms with Crippen LogP contribution in [0.25, 0.3) is 11.1 Å². The standard InChI is InChI=1S/C25H31N3.CH4/c1-8-11-12-24(18(4)5)22-16-25(20(7)26-17-22)23(9-2)21-13-14-28(27-10-3)19(6)15-21;/h9-17H,6,8H2,1-5,7H3;1H4/b12-11-,23-9-,27-10-;. The fraction of sp³-hybridized carbons (Fsp3) is 0.308. The molecule has 0 amide bonds. The molecular formula is C26H35N3. The monoisotopic (exact) mass is 389 g/mol. The Morgan fingerprint density at radius 2 is 2.00 bits per heavy atom. The minimum Gasteiger partial charge on any atom is -0.260 e. The molecule has 0 unspecified atom stereocenters. The average molecular weight is 390 g/mol. The summed E-state index contributed by atoms with van der Waals surface area (Å²) in [5.41, 5.74) is 8.90. The summed E-state index contributed by atoms with van der Waals surface area (Å²) in [6, 6.07) is 2.24. The van der Waals surface area contributed by atoms with Gasteiger partial charge in [-0.15, -0.1) is 0 Å². The third-order valence-corrected chi connectivity index (χ3v) is 4.60. The topological polar surface area (TPSA) is 28.5 Å². The lowest BCUT2D eigenvalue weighted by atomic mass is 9.91. The van der Waals surface area contributed by atoms with Crippen molar-refractivity contribution in [1.29, 1.82) is 0 Å². The van der Waals surface area contributed by atoms with Gasteiger partial charge in [-0.05, 0) is 76.0 Å². The van der Waals surface area contributed by atoms with Crippen LogP contribution in [0.2, 0.25) is 0 Å². The van der Waals surface area contributed by atoms with Crippen molar-refractivity contribution < 1.29 is 0 Å². The second-order valence-electron chi connectivity index (χ2n) is 6.91. The molecule has 154 valence electrons. The van der Waals surface area contributed by atoms with Crippen molar-refractivity contribution in [2.45, 2.75) is 55.4 Å². The van der Waals surface area contributed by atoms with Gasteiger partial charge < -0.3 is 0 Å². The number of hydrogen-bond acceptors (Lipinski definition) is 3. The lowest BCUT2D eigenvalue weighted by molar-refractivity contribution is 0.514. The van der Waals surface area contributed by atoms with Gasteiger partial charge in [0.1, 0.15) is 0 Å². The van der Waals surface area contributed by atoms with E-state index in [9.17, 15) is 0 Å². The third kappa shape index (κ3) is 5.77. The number of aryl methyl sites for hydroxylation is 1. The molecule has 1 aliphatic heterocycles. The number of hydrogen-bond donors (Lipinski definition) is 0. The van der Waals surface area contributed by atoms with Crippen LogP contribution in [0.3, 0.4) is 0 Å². The third-order valence-electron chi connectivity index (χ3n) is 4.60. The van der Waals surface area contributed by atoms with Gasteiger partial charge in [-0.25, -0.2) is 5.01 Å². The van der Waals surface area contributed by atoms with Gasteiger partial charge in [-0.3, -0.25) is 4.98 Å². The Labute approximate surface area is 177 Å². The van der Waals surface area contributed by atoms with Crippen LogP contribution >= 0.6 is 0 Å². The zero-order valence-electron chi connectivity index (χ0n) is 18.0. The quantitative estimate of drug-likeness (QED) is 0.373. The summed E-state index contributed by atoms with van der Waals surface area (Å²) in [6.07, 6.45) is 17.3. The van der Waals surface area contributed by atoms with Crippen molar-refractivity contribution in [3.05, 3.63) is 89.1 Å². The highest BCUT2D eigenvalue weighted by atomic mass is 15.4. The Balaban J connectivity index is 0.00000420. The Morgan fingerprint density at radius 3 is 2.55 bits per heavy atom. The zero-order chi connectivity index (χ0) is 20.7. The van der Waals surface area contributed by atoms with Crippen LogP contribution < -0.4 is 0 Å². The van der Waals surface area contributed by atoms with E-state index in [-0.39, 0.29) is 7.43 Å². The Hall–Kier alpha value is -2.94. The van der Waals surface area contributed by atoms with Crippen LogP contribution in [-0.2, 0) is 0 Å². The van der Waals surface area contributed by atoms with E-state index in [1.165, 1.54) is 11.1 Å². The van der Waals surface area contributed by atoms with E-state index >= 15 is 0 Å². The first kappa shape index (κ1) is 24.1. The van der Waals surface area contributed by atoms with E-state index < -0.39 is 0 Å². The van der Waals surface area contributed by atoms with Crippen molar-refractivity contribution >= 4 is 17.4 Å². The summed E-state index contributed by atoms with van der Waals surface area (Å²) in [6.45, 7) is 16.6. The summed E-state index contributed by atoms with van der Waals surface area (Å²) < 4.78 is 0. The van der Waals surface area contributed by atoms with E-state index in [0.717, 1.165) is 40.1 Å². The Bertz CT molecular complexity index is 917. The maximum Gasteiger partial charge on any atom is 0.0579 e. The predicted molar refractivity (Wildman–Crippen MR) is 129 cm³/mol. The Morgan fingerprint density at radius 1 is 1.28 bits per heavy atom. The molecule has 0 bridgehead atoms. The summed E-state index contributed by atoms with van der Waals surface area (Å²) in [7, 11) is 0.